The summed E-state index contributed by atoms with van der Waals surface area (Å²) in [6.07, 6.45) is 0.504. The van der Waals surface area contributed by atoms with Crippen molar-refractivity contribution in [3.05, 3.63) is 69.7 Å². The number of rotatable bonds is 5. The summed E-state index contributed by atoms with van der Waals surface area (Å²) in [5.74, 6) is -0.826. The predicted octanol–water partition coefficient (Wildman–Crippen LogP) is 4.98. The fourth-order valence-electron chi connectivity index (χ4n) is 2.35. The lowest BCUT2D eigenvalue weighted by Gasteiger charge is -2.14. The smallest absolute Gasteiger partial charge is 0.311 e. The van der Waals surface area contributed by atoms with Crippen LogP contribution in [0.4, 0.5) is 0 Å². The molecule has 3 heteroatoms. The van der Waals surface area contributed by atoms with Crippen molar-refractivity contribution in [1.29, 1.82) is 0 Å². The number of carboxylic acids is 1. The molecule has 2 aromatic carbocycles. The van der Waals surface area contributed by atoms with Gasteiger partial charge in [0.25, 0.3) is 0 Å². The maximum Gasteiger partial charge on any atom is 0.311 e. The van der Waals surface area contributed by atoms with Gasteiger partial charge in [0, 0.05) is 4.47 Å². The Morgan fingerprint density at radius 2 is 1.76 bits per heavy atom. The van der Waals surface area contributed by atoms with Gasteiger partial charge in [0.15, 0.2) is 0 Å². The fourth-order valence-corrected chi connectivity index (χ4v) is 2.76. The number of hydrogen-bond acceptors (Lipinski definition) is 1. The van der Waals surface area contributed by atoms with Gasteiger partial charge in [-0.25, -0.2) is 0 Å². The molecule has 0 aromatic heterocycles. The molecule has 0 amide bonds. The van der Waals surface area contributed by atoms with E-state index >= 15 is 0 Å². The summed E-state index contributed by atoms with van der Waals surface area (Å²) in [4.78, 5) is 11.6. The number of hydrogen-bond donors (Lipinski definition) is 1. The first kappa shape index (κ1) is 15.8. The zero-order valence-corrected chi connectivity index (χ0v) is 13.8. The number of benzene rings is 2. The van der Waals surface area contributed by atoms with Gasteiger partial charge in [0.2, 0.25) is 0 Å². The van der Waals surface area contributed by atoms with Gasteiger partial charge < -0.3 is 5.11 Å². The first-order chi connectivity index (χ1) is 9.97. The quantitative estimate of drug-likeness (QED) is 0.828. The largest absolute Gasteiger partial charge is 0.481 e. The van der Waals surface area contributed by atoms with E-state index in [1.54, 1.807) is 0 Å². The van der Waals surface area contributed by atoms with Crippen LogP contribution in [0.2, 0.25) is 0 Å². The van der Waals surface area contributed by atoms with E-state index in [-0.39, 0.29) is 0 Å². The van der Waals surface area contributed by atoms with Gasteiger partial charge in [-0.05, 0) is 41.2 Å². The van der Waals surface area contributed by atoms with Gasteiger partial charge in [0.05, 0.1) is 5.92 Å². The van der Waals surface area contributed by atoms with Crippen LogP contribution in [0.1, 0.15) is 42.4 Å². The maximum atomic E-state index is 11.6. The van der Waals surface area contributed by atoms with Gasteiger partial charge >= 0.3 is 5.97 Å². The Kier molecular flexibility index (Phi) is 5.18. The van der Waals surface area contributed by atoms with Crippen LogP contribution in [0, 0.1) is 0 Å². The normalized spacial score (nSPS) is 12.4. The van der Waals surface area contributed by atoms with Crippen LogP contribution in [0.3, 0.4) is 0 Å². The summed E-state index contributed by atoms with van der Waals surface area (Å²) in [7, 11) is 0. The predicted molar refractivity (Wildman–Crippen MR) is 88.8 cm³/mol. The third-order valence-electron chi connectivity index (χ3n) is 3.64. The molecule has 0 saturated carbocycles. The highest BCUT2D eigenvalue weighted by molar-refractivity contribution is 9.10. The number of halogens is 1. The Morgan fingerprint density at radius 1 is 1.10 bits per heavy atom. The lowest BCUT2D eigenvalue weighted by molar-refractivity contribution is -0.138. The van der Waals surface area contributed by atoms with E-state index in [0.717, 1.165) is 15.6 Å². The molecule has 2 aromatic rings. The van der Waals surface area contributed by atoms with Crippen LogP contribution in [0.15, 0.2) is 53.0 Å². The molecule has 0 saturated heterocycles. The van der Waals surface area contributed by atoms with Crippen molar-refractivity contribution in [2.45, 2.75) is 32.1 Å². The van der Waals surface area contributed by atoms with Crippen molar-refractivity contribution in [1.82, 2.24) is 0 Å². The molecular formula is C18H19BrO2. The SMILES string of the molecule is CC(C)c1ccc(CC(C(=O)O)c2cccc(Br)c2)cc1. The highest BCUT2D eigenvalue weighted by Crippen LogP contribution is 2.25. The lowest BCUT2D eigenvalue weighted by atomic mass is 9.91. The molecule has 0 radical (unpaired) electrons. The molecular weight excluding hydrogens is 328 g/mol. The minimum Gasteiger partial charge on any atom is -0.481 e. The molecule has 1 unspecified atom stereocenters. The summed E-state index contributed by atoms with van der Waals surface area (Å²) in [5, 5.41) is 9.51. The minimum absolute atomic E-state index is 0.486. The molecule has 21 heavy (non-hydrogen) atoms. The zero-order valence-electron chi connectivity index (χ0n) is 12.2. The van der Waals surface area contributed by atoms with Crippen LogP contribution < -0.4 is 0 Å². The summed E-state index contributed by atoms with van der Waals surface area (Å²) in [6.45, 7) is 4.30. The second-order valence-electron chi connectivity index (χ2n) is 5.55. The van der Waals surface area contributed by atoms with Gasteiger partial charge in [0.1, 0.15) is 0 Å². The summed E-state index contributed by atoms with van der Waals surface area (Å²) in [5.41, 5.74) is 3.14. The van der Waals surface area contributed by atoms with Crippen LogP contribution in [0.5, 0.6) is 0 Å². The fraction of sp³-hybridized carbons (Fsp3) is 0.278. The van der Waals surface area contributed by atoms with Crippen LogP contribution >= 0.6 is 15.9 Å². The Hall–Kier alpha value is -1.61. The second kappa shape index (κ2) is 6.90. The average Bonchev–Trinajstić information content (AvgIpc) is 2.45. The van der Waals surface area contributed by atoms with E-state index in [1.165, 1.54) is 5.56 Å². The van der Waals surface area contributed by atoms with Gasteiger partial charge in [-0.15, -0.1) is 0 Å². The first-order valence-electron chi connectivity index (χ1n) is 7.04. The molecule has 0 bridgehead atoms. The second-order valence-corrected chi connectivity index (χ2v) is 6.46. The van der Waals surface area contributed by atoms with Gasteiger partial charge in [-0.3, -0.25) is 4.79 Å². The van der Waals surface area contributed by atoms with Gasteiger partial charge in [-0.2, -0.15) is 0 Å². The van der Waals surface area contributed by atoms with E-state index in [1.807, 2.05) is 36.4 Å². The topological polar surface area (TPSA) is 37.3 Å². The highest BCUT2D eigenvalue weighted by Gasteiger charge is 2.20. The average molecular weight is 347 g/mol. The van der Waals surface area contributed by atoms with E-state index < -0.39 is 11.9 Å². The van der Waals surface area contributed by atoms with E-state index in [9.17, 15) is 9.90 Å². The minimum atomic E-state index is -0.791. The lowest BCUT2D eigenvalue weighted by Crippen LogP contribution is -2.14. The Bertz CT molecular complexity index is 617. The number of carboxylic acid groups (broad SMARTS) is 1. The maximum absolute atomic E-state index is 11.6. The van der Waals surface area contributed by atoms with Crippen molar-refractivity contribution in [2.75, 3.05) is 0 Å². The molecule has 0 spiro atoms. The molecule has 0 aliphatic rings. The summed E-state index contributed by atoms with van der Waals surface area (Å²) >= 11 is 3.40. The van der Waals surface area contributed by atoms with Crippen molar-refractivity contribution in [3.63, 3.8) is 0 Å². The Balaban J connectivity index is 2.22. The molecule has 2 nitrogen and oxygen atoms in total. The van der Waals surface area contributed by atoms with Crippen LogP contribution in [-0.2, 0) is 11.2 Å². The van der Waals surface area contributed by atoms with E-state index in [0.29, 0.717) is 12.3 Å². The molecule has 0 aliphatic carbocycles. The molecule has 2 rings (SSSR count). The first-order valence-corrected chi connectivity index (χ1v) is 7.83. The van der Waals surface area contributed by atoms with E-state index in [2.05, 4.69) is 41.9 Å². The van der Waals surface area contributed by atoms with Crippen LogP contribution in [0.25, 0.3) is 0 Å². The standard InChI is InChI=1S/C18H19BrO2/c1-12(2)14-8-6-13(7-9-14)10-17(18(20)21)15-4-3-5-16(19)11-15/h3-9,11-12,17H,10H2,1-2H3,(H,20,21). The Morgan fingerprint density at radius 3 is 2.29 bits per heavy atom. The molecule has 0 heterocycles. The number of aliphatic carboxylic acids is 1. The molecule has 0 fully saturated rings. The molecule has 1 N–H and O–H groups in total. The summed E-state index contributed by atoms with van der Waals surface area (Å²) < 4.78 is 0.904. The van der Waals surface area contributed by atoms with Crippen molar-refractivity contribution < 1.29 is 9.90 Å². The van der Waals surface area contributed by atoms with Gasteiger partial charge in [-0.1, -0.05) is 66.2 Å². The third-order valence-corrected chi connectivity index (χ3v) is 4.13. The van der Waals surface area contributed by atoms with Crippen molar-refractivity contribution in [3.8, 4) is 0 Å². The third kappa shape index (κ3) is 4.18. The summed E-state index contributed by atoms with van der Waals surface area (Å²) in [6, 6.07) is 15.7. The molecule has 110 valence electrons. The van der Waals surface area contributed by atoms with Crippen molar-refractivity contribution >= 4 is 21.9 Å². The molecule has 1 atom stereocenters. The molecule has 0 aliphatic heterocycles. The monoisotopic (exact) mass is 346 g/mol. The Labute approximate surface area is 134 Å². The zero-order chi connectivity index (χ0) is 15.4. The highest BCUT2D eigenvalue weighted by atomic mass is 79.9. The van der Waals surface area contributed by atoms with Crippen molar-refractivity contribution in [2.24, 2.45) is 0 Å². The number of carbonyl (C=O) groups is 1. The van der Waals surface area contributed by atoms with E-state index in [4.69, 9.17) is 0 Å². The van der Waals surface area contributed by atoms with Crippen LogP contribution in [-0.4, -0.2) is 11.1 Å².